The number of benzene rings is 8. The maximum atomic E-state index is 6.68. The van der Waals surface area contributed by atoms with E-state index in [9.17, 15) is 0 Å². The van der Waals surface area contributed by atoms with Gasteiger partial charge in [-0.05, 0) is 59.7 Å². The lowest BCUT2D eigenvalue weighted by atomic mass is 9.99. The summed E-state index contributed by atoms with van der Waals surface area (Å²) in [6.45, 7) is 0. The van der Waals surface area contributed by atoms with Gasteiger partial charge in [-0.25, -0.2) is 4.98 Å². The molecule has 0 aliphatic rings. The topological polar surface area (TPSA) is 61.7 Å². The van der Waals surface area contributed by atoms with Crippen LogP contribution in [0.3, 0.4) is 0 Å². The van der Waals surface area contributed by atoms with Crippen molar-refractivity contribution in [3.63, 3.8) is 0 Å². The van der Waals surface area contributed by atoms with Gasteiger partial charge in [0.25, 0.3) is 0 Å². The first-order chi connectivity index (χ1) is 28.3. The summed E-state index contributed by atoms with van der Waals surface area (Å²) in [5.74, 6) is 1.72. The largest absolute Gasteiger partial charge is 0.456 e. The van der Waals surface area contributed by atoms with Gasteiger partial charge in [-0.1, -0.05) is 133 Å². The highest BCUT2D eigenvalue weighted by atomic mass is 16.3. The number of hydrogen-bond donors (Lipinski definition) is 0. The van der Waals surface area contributed by atoms with Crippen molar-refractivity contribution in [1.29, 1.82) is 0 Å². The van der Waals surface area contributed by atoms with E-state index in [2.05, 4.69) is 167 Å². The summed E-state index contributed by atoms with van der Waals surface area (Å²) in [4.78, 5) is 15.5. The molecule has 0 spiro atoms. The average molecular weight is 730 g/mol. The lowest BCUT2D eigenvalue weighted by molar-refractivity contribution is 0.668. The van der Waals surface area contributed by atoms with Crippen LogP contribution in [0.4, 0.5) is 0 Å². The molecule has 0 saturated heterocycles. The van der Waals surface area contributed by atoms with Crippen molar-refractivity contribution >= 4 is 65.6 Å². The van der Waals surface area contributed by atoms with E-state index in [0.29, 0.717) is 17.6 Å². The number of aromatic nitrogens is 5. The second-order valence-corrected chi connectivity index (χ2v) is 14.4. The van der Waals surface area contributed by atoms with E-state index in [0.717, 1.165) is 82.7 Å². The van der Waals surface area contributed by atoms with E-state index < -0.39 is 0 Å². The zero-order chi connectivity index (χ0) is 37.5. The second-order valence-electron chi connectivity index (χ2n) is 14.4. The minimum atomic E-state index is 0.552. The standard InChI is InChI=1S/C51H31N5O/c1-3-14-32(15-4-1)36-21-13-25-45-48(36)41-20-9-12-24-44(41)56(45)51-53-49(33-16-5-2-6-17-33)52-50(54-51)34-26-28-39-40-29-27-35(31-47(40)57-46(39)30-34)55-42-22-10-7-18-37(42)38-19-8-11-23-43(38)55/h1-31H. The Morgan fingerprint density at radius 2 is 0.895 bits per heavy atom. The summed E-state index contributed by atoms with van der Waals surface area (Å²) < 4.78 is 11.2. The van der Waals surface area contributed by atoms with Crippen LogP contribution in [-0.2, 0) is 0 Å². The number of nitrogens with zero attached hydrogens (tertiary/aromatic N) is 5. The Morgan fingerprint density at radius 3 is 1.60 bits per heavy atom. The van der Waals surface area contributed by atoms with E-state index >= 15 is 0 Å². The molecule has 266 valence electrons. The van der Waals surface area contributed by atoms with Crippen molar-refractivity contribution in [1.82, 2.24) is 24.1 Å². The molecule has 0 bridgehead atoms. The van der Waals surface area contributed by atoms with Gasteiger partial charge in [0.1, 0.15) is 11.2 Å². The predicted octanol–water partition coefficient (Wildman–Crippen LogP) is 13.0. The zero-order valence-electron chi connectivity index (χ0n) is 30.5. The van der Waals surface area contributed by atoms with Crippen LogP contribution in [0.2, 0.25) is 0 Å². The molecule has 0 unspecified atom stereocenters. The molecule has 0 N–H and O–H groups in total. The molecular weight excluding hydrogens is 699 g/mol. The fraction of sp³-hybridized carbons (Fsp3) is 0. The Balaban J connectivity index is 1.04. The van der Waals surface area contributed by atoms with Crippen LogP contribution in [0.5, 0.6) is 0 Å². The average Bonchev–Trinajstić information content (AvgIpc) is 3.94. The molecule has 0 radical (unpaired) electrons. The highest BCUT2D eigenvalue weighted by Gasteiger charge is 2.21. The van der Waals surface area contributed by atoms with Gasteiger partial charge in [-0.2, -0.15) is 9.97 Å². The summed E-state index contributed by atoms with van der Waals surface area (Å²) in [6, 6.07) is 65.5. The molecule has 12 rings (SSSR count). The number of furan rings is 1. The van der Waals surface area contributed by atoms with Crippen LogP contribution < -0.4 is 0 Å². The summed E-state index contributed by atoms with van der Waals surface area (Å²) >= 11 is 0. The van der Waals surface area contributed by atoms with Crippen molar-refractivity contribution in [2.45, 2.75) is 0 Å². The smallest absolute Gasteiger partial charge is 0.238 e. The quantitative estimate of drug-likeness (QED) is 0.177. The third-order valence-corrected chi connectivity index (χ3v) is 11.2. The monoisotopic (exact) mass is 729 g/mol. The SMILES string of the molecule is c1ccc(-c2nc(-c3ccc4c(c3)oc3cc(-n5c6ccccc6c6ccccc65)ccc34)nc(-n3c4ccccc4c4c(-c5ccccc5)cccc43)n2)cc1. The normalized spacial score (nSPS) is 11.9. The van der Waals surface area contributed by atoms with Crippen LogP contribution in [-0.4, -0.2) is 24.1 Å². The first-order valence-electron chi connectivity index (χ1n) is 19.1. The number of fused-ring (bicyclic) bond motifs is 9. The van der Waals surface area contributed by atoms with Crippen LogP contribution in [0.15, 0.2) is 192 Å². The Kier molecular flexibility index (Phi) is 6.83. The number of rotatable bonds is 5. The lowest BCUT2D eigenvalue weighted by Gasteiger charge is -2.11. The summed E-state index contributed by atoms with van der Waals surface area (Å²) in [5, 5.41) is 6.85. The van der Waals surface area contributed by atoms with Crippen molar-refractivity contribution < 1.29 is 4.42 Å². The minimum absolute atomic E-state index is 0.552. The molecule has 0 fully saturated rings. The molecule has 6 nitrogen and oxygen atoms in total. The van der Waals surface area contributed by atoms with Crippen LogP contribution in [0.25, 0.3) is 111 Å². The van der Waals surface area contributed by atoms with Gasteiger partial charge in [-0.3, -0.25) is 4.57 Å². The first kappa shape index (κ1) is 31.5. The molecule has 6 heteroatoms. The fourth-order valence-corrected chi connectivity index (χ4v) is 8.65. The third kappa shape index (κ3) is 4.87. The summed E-state index contributed by atoms with van der Waals surface area (Å²) in [6.07, 6.45) is 0. The fourth-order valence-electron chi connectivity index (χ4n) is 8.65. The highest BCUT2D eigenvalue weighted by molar-refractivity contribution is 6.16. The zero-order valence-corrected chi connectivity index (χ0v) is 30.5. The van der Waals surface area contributed by atoms with Gasteiger partial charge in [0.2, 0.25) is 5.95 Å². The molecule has 0 atom stereocenters. The number of hydrogen-bond acceptors (Lipinski definition) is 4. The molecule has 57 heavy (non-hydrogen) atoms. The van der Waals surface area contributed by atoms with Crippen molar-refractivity contribution in [3.8, 4) is 45.5 Å². The Morgan fingerprint density at radius 1 is 0.351 bits per heavy atom. The van der Waals surface area contributed by atoms with Gasteiger partial charge in [0.15, 0.2) is 11.6 Å². The summed E-state index contributed by atoms with van der Waals surface area (Å²) in [5.41, 5.74) is 11.1. The first-order valence-corrected chi connectivity index (χ1v) is 19.1. The van der Waals surface area contributed by atoms with E-state index in [1.54, 1.807) is 0 Å². The van der Waals surface area contributed by atoms with Crippen molar-refractivity contribution in [2.24, 2.45) is 0 Å². The molecule has 0 amide bonds. The van der Waals surface area contributed by atoms with Gasteiger partial charge in [0, 0.05) is 55.2 Å². The lowest BCUT2D eigenvalue weighted by Crippen LogP contribution is -2.06. The van der Waals surface area contributed by atoms with Crippen LogP contribution in [0.1, 0.15) is 0 Å². The van der Waals surface area contributed by atoms with Crippen LogP contribution >= 0.6 is 0 Å². The molecular formula is C51H31N5O. The number of para-hydroxylation sites is 3. The highest BCUT2D eigenvalue weighted by Crippen LogP contribution is 2.40. The molecule has 4 heterocycles. The minimum Gasteiger partial charge on any atom is -0.456 e. The second kappa shape index (κ2) is 12.3. The Labute approximate surface area is 326 Å². The van der Waals surface area contributed by atoms with E-state index in [1.165, 1.54) is 10.8 Å². The maximum absolute atomic E-state index is 6.68. The molecule has 4 aromatic heterocycles. The maximum Gasteiger partial charge on any atom is 0.238 e. The summed E-state index contributed by atoms with van der Waals surface area (Å²) in [7, 11) is 0. The molecule has 0 aliphatic carbocycles. The molecule has 8 aromatic carbocycles. The van der Waals surface area contributed by atoms with Gasteiger partial charge < -0.3 is 8.98 Å². The van der Waals surface area contributed by atoms with Crippen molar-refractivity contribution in [2.75, 3.05) is 0 Å². The van der Waals surface area contributed by atoms with Gasteiger partial charge in [-0.15, -0.1) is 0 Å². The van der Waals surface area contributed by atoms with Crippen LogP contribution in [0, 0.1) is 0 Å². The third-order valence-electron chi connectivity index (χ3n) is 11.2. The van der Waals surface area contributed by atoms with E-state index in [1.807, 2.05) is 30.3 Å². The Hall–Kier alpha value is -7.83. The van der Waals surface area contributed by atoms with E-state index in [4.69, 9.17) is 19.4 Å². The molecule has 0 aliphatic heterocycles. The Bertz CT molecular complexity index is 3470. The van der Waals surface area contributed by atoms with Gasteiger partial charge >= 0.3 is 0 Å². The van der Waals surface area contributed by atoms with Gasteiger partial charge in [0.05, 0.1) is 22.1 Å². The molecule has 12 aromatic rings. The van der Waals surface area contributed by atoms with Crippen molar-refractivity contribution in [3.05, 3.63) is 188 Å². The molecule has 0 saturated carbocycles. The van der Waals surface area contributed by atoms with E-state index in [-0.39, 0.29) is 0 Å². The predicted molar refractivity (Wildman–Crippen MR) is 232 cm³/mol.